The van der Waals surface area contributed by atoms with Gasteiger partial charge in [0.25, 0.3) is 0 Å². The predicted molar refractivity (Wildman–Crippen MR) is 133 cm³/mol. The van der Waals surface area contributed by atoms with Crippen molar-refractivity contribution in [2.45, 2.75) is 13.3 Å². The standard InChI is InChI=1S/C25H32N8O2/c1-19-5-3-4-6-20(19)15-22(34)31-9-7-30(8-10-31)17-23(35)32-11-13-33(14-12-32)25-21-16-28-29(2)24(21)26-18-27-25/h3-6,16,18H,7-15,17H2,1-2H3. The molecule has 0 unspecified atom stereocenters. The van der Waals surface area contributed by atoms with Crippen molar-refractivity contribution in [3.8, 4) is 0 Å². The highest BCUT2D eigenvalue weighted by molar-refractivity contribution is 5.87. The lowest BCUT2D eigenvalue weighted by Crippen LogP contribution is -2.54. The van der Waals surface area contributed by atoms with Crippen molar-refractivity contribution < 1.29 is 9.59 Å². The number of hydrogen-bond donors (Lipinski definition) is 0. The fourth-order valence-electron chi connectivity index (χ4n) is 4.90. The Morgan fingerprint density at radius 1 is 0.886 bits per heavy atom. The van der Waals surface area contributed by atoms with Crippen molar-refractivity contribution in [2.75, 3.05) is 63.8 Å². The number of piperazine rings is 2. The van der Waals surface area contributed by atoms with Gasteiger partial charge in [0.15, 0.2) is 5.65 Å². The second-order valence-corrected chi connectivity index (χ2v) is 9.33. The van der Waals surface area contributed by atoms with Crippen LogP contribution in [0.15, 0.2) is 36.8 Å². The van der Waals surface area contributed by atoms with Crippen LogP contribution in [0.1, 0.15) is 11.1 Å². The molecule has 0 radical (unpaired) electrons. The molecule has 2 fully saturated rings. The van der Waals surface area contributed by atoms with Gasteiger partial charge in [-0.2, -0.15) is 5.10 Å². The van der Waals surface area contributed by atoms with Gasteiger partial charge in [0.1, 0.15) is 12.1 Å². The van der Waals surface area contributed by atoms with E-state index in [1.807, 2.05) is 48.0 Å². The summed E-state index contributed by atoms with van der Waals surface area (Å²) in [7, 11) is 1.87. The van der Waals surface area contributed by atoms with E-state index in [0.29, 0.717) is 39.1 Å². The van der Waals surface area contributed by atoms with Crippen LogP contribution < -0.4 is 4.90 Å². The highest BCUT2D eigenvalue weighted by Crippen LogP contribution is 2.23. The highest BCUT2D eigenvalue weighted by Gasteiger charge is 2.27. The molecule has 0 spiro atoms. The number of aromatic nitrogens is 4. The molecular weight excluding hydrogens is 444 g/mol. The maximum absolute atomic E-state index is 13.0. The van der Waals surface area contributed by atoms with Crippen molar-refractivity contribution in [3.05, 3.63) is 47.9 Å². The van der Waals surface area contributed by atoms with Gasteiger partial charge >= 0.3 is 0 Å². The summed E-state index contributed by atoms with van der Waals surface area (Å²) in [5.41, 5.74) is 3.04. The van der Waals surface area contributed by atoms with Crippen LogP contribution in [-0.2, 0) is 23.1 Å². The summed E-state index contributed by atoms with van der Waals surface area (Å²) in [6, 6.07) is 8.03. The zero-order valence-corrected chi connectivity index (χ0v) is 20.4. The normalized spacial score (nSPS) is 17.3. The molecule has 35 heavy (non-hydrogen) atoms. The van der Waals surface area contributed by atoms with Crippen LogP contribution in [0.4, 0.5) is 5.82 Å². The van der Waals surface area contributed by atoms with E-state index < -0.39 is 0 Å². The van der Waals surface area contributed by atoms with E-state index in [1.165, 1.54) is 0 Å². The Balaban J connectivity index is 1.09. The fourth-order valence-corrected chi connectivity index (χ4v) is 4.90. The molecule has 5 rings (SSSR count). The summed E-state index contributed by atoms with van der Waals surface area (Å²) in [6.07, 6.45) is 3.81. The number of carbonyl (C=O) groups is 2. The van der Waals surface area contributed by atoms with Crippen molar-refractivity contribution in [1.29, 1.82) is 0 Å². The summed E-state index contributed by atoms with van der Waals surface area (Å²) in [5, 5.41) is 5.23. The molecule has 2 aliphatic heterocycles. The second kappa shape index (κ2) is 9.99. The van der Waals surface area contributed by atoms with Crippen LogP contribution in [0.2, 0.25) is 0 Å². The number of fused-ring (bicyclic) bond motifs is 1. The smallest absolute Gasteiger partial charge is 0.236 e. The minimum absolute atomic E-state index is 0.151. The van der Waals surface area contributed by atoms with Gasteiger partial charge < -0.3 is 14.7 Å². The quantitative estimate of drug-likeness (QED) is 0.536. The van der Waals surface area contributed by atoms with Crippen LogP contribution in [-0.4, -0.2) is 105 Å². The Bertz CT molecular complexity index is 1210. The molecular formula is C25H32N8O2. The molecule has 0 aliphatic carbocycles. The van der Waals surface area contributed by atoms with Gasteiger partial charge in [-0.1, -0.05) is 24.3 Å². The molecule has 2 saturated heterocycles. The van der Waals surface area contributed by atoms with Crippen LogP contribution in [0.5, 0.6) is 0 Å². The van der Waals surface area contributed by atoms with E-state index in [4.69, 9.17) is 0 Å². The minimum atomic E-state index is 0.151. The molecule has 1 aromatic carbocycles. The number of carbonyl (C=O) groups excluding carboxylic acids is 2. The first-order valence-corrected chi connectivity index (χ1v) is 12.2. The number of benzene rings is 1. The molecule has 10 nitrogen and oxygen atoms in total. The van der Waals surface area contributed by atoms with Gasteiger partial charge in [0.2, 0.25) is 11.8 Å². The zero-order chi connectivity index (χ0) is 24.4. The maximum Gasteiger partial charge on any atom is 0.236 e. The van der Waals surface area contributed by atoms with Crippen molar-refractivity contribution in [1.82, 2.24) is 34.4 Å². The number of rotatable bonds is 5. The Labute approximate surface area is 205 Å². The van der Waals surface area contributed by atoms with Crippen LogP contribution in [0.25, 0.3) is 11.0 Å². The van der Waals surface area contributed by atoms with Crippen molar-refractivity contribution in [3.63, 3.8) is 0 Å². The SMILES string of the molecule is Cc1ccccc1CC(=O)N1CCN(CC(=O)N2CCN(c3ncnc4c3cnn4C)CC2)CC1. The molecule has 4 heterocycles. The van der Waals surface area contributed by atoms with Crippen molar-refractivity contribution >= 4 is 28.7 Å². The Morgan fingerprint density at radius 3 is 2.31 bits per heavy atom. The van der Waals surface area contributed by atoms with Gasteiger partial charge in [-0.05, 0) is 18.1 Å². The average Bonchev–Trinajstić information content (AvgIpc) is 3.27. The summed E-state index contributed by atoms with van der Waals surface area (Å²) in [5.74, 6) is 1.19. The molecule has 2 aromatic heterocycles. The summed E-state index contributed by atoms with van der Waals surface area (Å²) >= 11 is 0. The molecule has 10 heteroatoms. The Morgan fingerprint density at radius 2 is 1.57 bits per heavy atom. The predicted octanol–water partition coefficient (Wildman–Crippen LogP) is 0.707. The highest BCUT2D eigenvalue weighted by atomic mass is 16.2. The Hall–Kier alpha value is -3.53. The van der Waals surface area contributed by atoms with Crippen LogP contribution >= 0.6 is 0 Å². The lowest BCUT2D eigenvalue weighted by molar-refractivity contribution is -0.135. The second-order valence-electron chi connectivity index (χ2n) is 9.33. The number of nitrogens with zero attached hydrogens (tertiary/aromatic N) is 8. The van der Waals surface area contributed by atoms with Gasteiger partial charge in [-0.25, -0.2) is 9.97 Å². The van der Waals surface area contributed by atoms with E-state index in [-0.39, 0.29) is 11.8 Å². The summed E-state index contributed by atoms with van der Waals surface area (Å²) < 4.78 is 1.75. The van der Waals surface area contributed by atoms with E-state index in [9.17, 15) is 9.59 Å². The average molecular weight is 477 g/mol. The molecule has 0 atom stereocenters. The fraction of sp³-hybridized carbons (Fsp3) is 0.480. The minimum Gasteiger partial charge on any atom is -0.352 e. The largest absolute Gasteiger partial charge is 0.352 e. The summed E-state index contributed by atoms with van der Waals surface area (Å²) in [4.78, 5) is 42.7. The first-order chi connectivity index (χ1) is 17.0. The maximum atomic E-state index is 13.0. The lowest BCUT2D eigenvalue weighted by Gasteiger charge is -2.38. The van der Waals surface area contributed by atoms with Gasteiger partial charge in [-0.15, -0.1) is 0 Å². The van der Waals surface area contributed by atoms with E-state index in [1.54, 1.807) is 17.2 Å². The monoisotopic (exact) mass is 476 g/mol. The van der Waals surface area contributed by atoms with Gasteiger partial charge in [0.05, 0.1) is 24.5 Å². The van der Waals surface area contributed by atoms with Crippen molar-refractivity contribution in [2.24, 2.45) is 7.05 Å². The molecule has 2 aliphatic rings. The number of aryl methyl sites for hydroxylation is 2. The third-order valence-electron chi connectivity index (χ3n) is 7.13. The third kappa shape index (κ3) is 4.97. The number of anilines is 1. The lowest BCUT2D eigenvalue weighted by atomic mass is 10.1. The topological polar surface area (TPSA) is 90.7 Å². The first-order valence-electron chi connectivity index (χ1n) is 12.2. The Kier molecular flexibility index (Phi) is 6.63. The summed E-state index contributed by atoms with van der Waals surface area (Å²) in [6.45, 7) is 8.03. The molecule has 184 valence electrons. The molecule has 2 amide bonds. The van der Waals surface area contributed by atoms with E-state index >= 15 is 0 Å². The van der Waals surface area contributed by atoms with E-state index in [0.717, 1.165) is 54.2 Å². The molecule has 0 saturated carbocycles. The zero-order valence-electron chi connectivity index (χ0n) is 20.4. The number of hydrogen-bond acceptors (Lipinski definition) is 7. The van der Waals surface area contributed by atoms with Gasteiger partial charge in [0, 0.05) is 59.4 Å². The van der Waals surface area contributed by atoms with Gasteiger partial charge in [-0.3, -0.25) is 19.2 Å². The van der Waals surface area contributed by atoms with Crippen LogP contribution in [0.3, 0.4) is 0 Å². The van der Waals surface area contributed by atoms with E-state index in [2.05, 4.69) is 24.9 Å². The van der Waals surface area contributed by atoms with Crippen LogP contribution in [0, 0.1) is 6.92 Å². The first kappa shape index (κ1) is 23.2. The third-order valence-corrected chi connectivity index (χ3v) is 7.13. The molecule has 0 N–H and O–H groups in total. The number of amides is 2. The molecule has 0 bridgehead atoms. The molecule has 3 aromatic rings.